The van der Waals surface area contributed by atoms with E-state index in [2.05, 4.69) is 0 Å². The van der Waals surface area contributed by atoms with Crippen molar-refractivity contribution in [1.29, 1.82) is 0 Å². The molecule has 4 heteroatoms. The largest absolute Gasteiger partial charge is 0.469 e. The van der Waals surface area contributed by atoms with Gasteiger partial charge in [-0.05, 0) is 35.8 Å². The number of aryl methyl sites for hydroxylation is 2. The van der Waals surface area contributed by atoms with E-state index in [0.29, 0.717) is 0 Å². The second kappa shape index (κ2) is 6.33. The van der Waals surface area contributed by atoms with Crippen molar-refractivity contribution in [3.8, 4) is 0 Å². The summed E-state index contributed by atoms with van der Waals surface area (Å²) in [6, 6.07) is 11.7. The molecule has 0 aliphatic carbocycles. The average Bonchev–Trinajstić information content (AvgIpc) is 2.88. The van der Waals surface area contributed by atoms with Crippen molar-refractivity contribution in [2.24, 2.45) is 0 Å². The van der Waals surface area contributed by atoms with E-state index in [4.69, 9.17) is 8.97 Å². The van der Waals surface area contributed by atoms with Crippen molar-refractivity contribution in [3.63, 3.8) is 0 Å². The lowest BCUT2D eigenvalue weighted by atomic mass is 10.1. The molecule has 1 N–H and O–H groups in total. The first-order valence-corrected chi connectivity index (χ1v) is 6.80. The summed E-state index contributed by atoms with van der Waals surface area (Å²) in [5.74, 6) is 0.981. The van der Waals surface area contributed by atoms with E-state index >= 15 is 0 Å². The van der Waals surface area contributed by atoms with Crippen molar-refractivity contribution in [2.45, 2.75) is 12.8 Å². The smallest absolute Gasteiger partial charge is 0.178 e. The summed E-state index contributed by atoms with van der Waals surface area (Å²) in [6.07, 6.45) is 5.11. The third-order valence-corrected chi connectivity index (χ3v) is 2.97. The van der Waals surface area contributed by atoms with Gasteiger partial charge in [-0.25, -0.2) is 4.21 Å². The normalized spacial score (nSPS) is 12.9. The van der Waals surface area contributed by atoms with Crippen LogP contribution >= 0.6 is 0 Å². The van der Waals surface area contributed by atoms with E-state index in [9.17, 15) is 4.21 Å². The van der Waals surface area contributed by atoms with Crippen LogP contribution in [0, 0.1) is 0 Å². The molecule has 3 nitrogen and oxygen atoms in total. The van der Waals surface area contributed by atoms with Gasteiger partial charge >= 0.3 is 0 Å². The average molecular weight is 262 g/mol. The minimum atomic E-state index is -1.89. The van der Waals surface area contributed by atoms with Crippen LogP contribution < -0.4 is 0 Å². The lowest BCUT2D eigenvalue weighted by molar-refractivity contribution is 0.508. The topological polar surface area (TPSA) is 50.4 Å². The molecule has 0 fully saturated rings. The summed E-state index contributed by atoms with van der Waals surface area (Å²) < 4.78 is 24.4. The first-order valence-electron chi connectivity index (χ1n) is 5.63. The zero-order valence-electron chi connectivity index (χ0n) is 9.78. The molecule has 94 valence electrons. The summed E-state index contributed by atoms with van der Waals surface area (Å²) in [7, 11) is 0. The fraction of sp³-hybridized carbons (Fsp3) is 0.143. The molecule has 2 rings (SSSR count). The van der Waals surface area contributed by atoms with E-state index < -0.39 is 11.1 Å². The zero-order chi connectivity index (χ0) is 12.8. The third-order valence-electron chi connectivity index (χ3n) is 2.60. The maximum atomic E-state index is 10.5. The molecule has 1 aromatic carbocycles. The molecule has 0 radical (unpaired) electrons. The van der Waals surface area contributed by atoms with Crippen LogP contribution in [0.3, 0.4) is 0 Å². The molecule has 2 aromatic rings. The Morgan fingerprint density at radius 3 is 2.56 bits per heavy atom. The quantitative estimate of drug-likeness (QED) is 0.841. The van der Waals surface area contributed by atoms with Crippen molar-refractivity contribution in [1.82, 2.24) is 0 Å². The highest BCUT2D eigenvalue weighted by molar-refractivity contribution is 7.82. The molecule has 0 spiro atoms. The second-order valence-corrected chi connectivity index (χ2v) is 4.72. The number of rotatable bonds is 5. The molecule has 1 unspecified atom stereocenters. The van der Waals surface area contributed by atoms with Gasteiger partial charge in [0, 0.05) is 11.8 Å². The van der Waals surface area contributed by atoms with E-state index in [1.807, 2.05) is 36.4 Å². The Hall–Kier alpha value is -1.65. The predicted molar refractivity (Wildman–Crippen MR) is 72.4 cm³/mol. The van der Waals surface area contributed by atoms with Crippen LogP contribution in [-0.2, 0) is 23.9 Å². The molecule has 0 aliphatic heterocycles. The highest BCUT2D eigenvalue weighted by atomic mass is 32.2. The van der Waals surface area contributed by atoms with Gasteiger partial charge in [0.1, 0.15) is 5.76 Å². The molecule has 0 saturated heterocycles. The van der Waals surface area contributed by atoms with Gasteiger partial charge in [-0.3, -0.25) is 0 Å². The standard InChI is InChI=1S/C14H14O3S/c15-18(16)11-9-13-5-3-12(4-6-13)7-8-14-2-1-10-17-14/h1-6,9-11H,7-8H2,(H,15,16)/b11-9+. The van der Waals surface area contributed by atoms with Gasteiger partial charge in [-0.2, -0.15) is 0 Å². The van der Waals surface area contributed by atoms with E-state index in [-0.39, 0.29) is 0 Å². The van der Waals surface area contributed by atoms with Crippen LogP contribution in [-0.4, -0.2) is 8.76 Å². The van der Waals surface area contributed by atoms with Crippen LogP contribution in [0.5, 0.6) is 0 Å². The van der Waals surface area contributed by atoms with Gasteiger partial charge in [-0.15, -0.1) is 0 Å². The number of hydrogen-bond acceptors (Lipinski definition) is 2. The maximum Gasteiger partial charge on any atom is 0.178 e. The van der Waals surface area contributed by atoms with Crippen LogP contribution in [0.4, 0.5) is 0 Å². The molecule has 0 amide bonds. The first-order chi connectivity index (χ1) is 8.74. The van der Waals surface area contributed by atoms with Crippen LogP contribution in [0.1, 0.15) is 16.9 Å². The fourth-order valence-electron chi connectivity index (χ4n) is 1.65. The number of hydrogen-bond donors (Lipinski definition) is 1. The van der Waals surface area contributed by atoms with Gasteiger partial charge in [0.2, 0.25) is 0 Å². The van der Waals surface area contributed by atoms with Crippen LogP contribution in [0.15, 0.2) is 52.5 Å². The van der Waals surface area contributed by atoms with Gasteiger partial charge in [-0.1, -0.05) is 24.3 Å². The molecule has 18 heavy (non-hydrogen) atoms. The molecule has 1 atom stereocenters. The van der Waals surface area contributed by atoms with E-state index in [1.165, 1.54) is 11.0 Å². The Labute approximate surface area is 108 Å². The fourth-order valence-corrected chi connectivity index (χ4v) is 1.93. The van der Waals surface area contributed by atoms with Crippen molar-refractivity contribution >= 4 is 17.2 Å². The minimum absolute atomic E-state index is 0.878. The maximum absolute atomic E-state index is 10.5. The number of furan rings is 1. The van der Waals surface area contributed by atoms with Crippen molar-refractivity contribution < 1.29 is 13.2 Å². The van der Waals surface area contributed by atoms with Gasteiger partial charge < -0.3 is 8.97 Å². The Morgan fingerprint density at radius 2 is 1.94 bits per heavy atom. The molecule has 0 saturated carbocycles. The monoisotopic (exact) mass is 262 g/mol. The lowest BCUT2D eigenvalue weighted by Gasteiger charge is -2.00. The molecular weight excluding hydrogens is 248 g/mol. The van der Waals surface area contributed by atoms with Gasteiger partial charge in [0.05, 0.1) is 6.26 Å². The Balaban J connectivity index is 1.93. The van der Waals surface area contributed by atoms with Crippen LogP contribution in [0.25, 0.3) is 6.08 Å². The highest BCUT2D eigenvalue weighted by Crippen LogP contribution is 2.10. The van der Waals surface area contributed by atoms with E-state index in [1.54, 1.807) is 12.3 Å². The van der Waals surface area contributed by atoms with Crippen molar-refractivity contribution in [3.05, 3.63) is 65.0 Å². The summed E-state index contributed by atoms with van der Waals surface area (Å²) >= 11 is -1.89. The summed E-state index contributed by atoms with van der Waals surface area (Å²) in [5, 5.41) is 1.25. The Kier molecular flexibility index (Phi) is 4.50. The summed E-state index contributed by atoms with van der Waals surface area (Å²) in [6.45, 7) is 0. The zero-order valence-corrected chi connectivity index (χ0v) is 10.6. The Morgan fingerprint density at radius 1 is 1.17 bits per heavy atom. The predicted octanol–water partition coefficient (Wildman–Crippen LogP) is 3.26. The SMILES string of the molecule is O=S(O)/C=C/c1ccc(CCc2ccco2)cc1. The molecule has 0 aliphatic rings. The van der Waals surface area contributed by atoms with E-state index in [0.717, 1.165) is 24.2 Å². The highest BCUT2D eigenvalue weighted by Gasteiger charge is 1.98. The third kappa shape index (κ3) is 3.98. The number of benzene rings is 1. The molecule has 0 bridgehead atoms. The second-order valence-electron chi connectivity index (χ2n) is 3.90. The molecule has 1 aromatic heterocycles. The van der Waals surface area contributed by atoms with Gasteiger partial charge in [0.15, 0.2) is 11.1 Å². The van der Waals surface area contributed by atoms with Crippen molar-refractivity contribution in [2.75, 3.05) is 0 Å². The summed E-state index contributed by atoms with van der Waals surface area (Å²) in [5.41, 5.74) is 2.13. The van der Waals surface area contributed by atoms with Crippen LogP contribution in [0.2, 0.25) is 0 Å². The Bertz CT molecular complexity index is 527. The van der Waals surface area contributed by atoms with Gasteiger partial charge in [0.25, 0.3) is 0 Å². The molecular formula is C14H14O3S. The lowest BCUT2D eigenvalue weighted by Crippen LogP contribution is -1.89. The first kappa shape index (κ1) is 12.8. The molecule has 1 heterocycles. The summed E-state index contributed by atoms with van der Waals surface area (Å²) in [4.78, 5) is 0. The minimum Gasteiger partial charge on any atom is -0.469 e.